The summed E-state index contributed by atoms with van der Waals surface area (Å²) in [5.41, 5.74) is 0.987. The second-order valence-electron chi connectivity index (χ2n) is 5.83. The number of carboxylic acids is 1. The highest BCUT2D eigenvalue weighted by atomic mass is 16.5. The average Bonchev–Trinajstić information content (AvgIpc) is 2.95. The van der Waals surface area contributed by atoms with Gasteiger partial charge in [-0.1, -0.05) is 25.1 Å². The molecule has 0 radical (unpaired) electrons. The Morgan fingerprint density at radius 3 is 2.68 bits per heavy atom. The van der Waals surface area contributed by atoms with Crippen LogP contribution in [0.25, 0.3) is 0 Å². The van der Waals surface area contributed by atoms with E-state index < -0.39 is 12.1 Å². The fraction of sp³-hybridized carbons (Fsp3) is 0.529. The SMILES string of the molecule is CCC(Oc1ccccc1C)C(=O)N[C@H]1CC[C@@H](C(=O)O)C1. The zero-order valence-electron chi connectivity index (χ0n) is 13.0. The molecule has 1 fully saturated rings. The first-order valence-corrected chi connectivity index (χ1v) is 7.76. The quantitative estimate of drug-likeness (QED) is 0.847. The first kappa shape index (κ1) is 16.3. The molecule has 22 heavy (non-hydrogen) atoms. The molecular formula is C17H23NO4. The largest absolute Gasteiger partial charge is 0.481 e. The van der Waals surface area contributed by atoms with Crippen LogP contribution in [0, 0.1) is 12.8 Å². The van der Waals surface area contributed by atoms with Crippen LogP contribution in [0.5, 0.6) is 5.75 Å². The predicted molar refractivity (Wildman–Crippen MR) is 82.8 cm³/mol. The van der Waals surface area contributed by atoms with Crippen LogP contribution in [0.1, 0.15) is 38.2 Å². The van der Waals surface area contributed by atoms with Crippen molar-refractivity contribution in [1.29, 1.82) is 0 Å². The number of ether oxygens (including phenoxy) is 1. The minimum atomic E-state index is -0.778. The van der Waals surface area contributed by atoms with Gasteiger partial charge in [0, 0.05) is 6.04 Å². The van der Waals surface area contributed by atoms with E-state index in [1.54, 1.807) is 0 Å². The third-order valence-corrected chi connectivity index (χ3v) is 4.15. The predicted octanol–water partition coefficient (Wildman–Crippen LogP) is 2.52. The van der Waals surface area contributed by atoms with Crippen LogP contribution in [0.15, 0.2) is 24.3 Å². The molecule has 1 aromatic rings. The van der Waals surface area contributed by atoms with Gasteiger partial charge in [-0.25, -0.2) is 0 Å². The number of aryl methyl sites for hydroxylation is 1. The molecule has 2 rings (SSSR count). The summed E-state index contributed by atoms with van der Waals surface area (Å²) in [6, 6.07) is 7.52. The summed E-state index contributed by atoms with van der Waals surface area (Å²) in [6.45, 7) is 3.84. The summed E-state index contributed by atoms with van der Waals surface area (Å²) in [7, 11) is 0. The third-order valence-electron chi connectivity index (χ3n) is 4.15. The monoisotopic (exact) mass is 305 g/mol. The second-order valence-corrected chi connectivity index (χ2v) is 5.83. The number of carbonyl (C=O) groups is 2. The molecule has 3 atom stereocenters. The highest BCUT2D eigenvalue weighted by Gasteiger charge is 2.32. The maximum Gasteiger partial charge on any atom is 0.306 e. The first-order chi connectivity index (χ1) is 10.5. The van der Waals surface area contributed by atoms with Gasteiger partial charge < -0.3 is 15.2 Å². The van der Waals surface area contributed by atoms with Crippen molar-refractivity contribution >= 4 is 11.9 Å². The normalized spacial score (nSPS) is 22.1. The van der Waals surface area contributed by atoms with Gasteiger partial charge in [-0.05, 0) is 44.2 Å². The lowest BCUT2D eigenvalue weighted by Gasteiger charge is -2.21. The van der Waals surface area contributed by atoms with Crippen LogP contribution in [-0.4, -0.2) is 29.1 Å². The fourth-order valence-electron chi connectivity index (χ4n) is 2.80. The van der Waals surface area contributed by atoms with Crippen LogP contribution in [0.3, 0.4) is 0 Å². The molecule has 1 aliphatic rings. The average molecular weight is 305 g/mol. The Labute approximate surface area is 130 Å². The molecule has 1 saturated carbocycles. The third kappa shape index (κ3) is 4.00. The van der Waals surface area contributed by atoms with Gasteiger partial charge in [0.15, 0.2) is 6.10 Å². The molecule has 0 bridgehead atoms. The zero-order chi connectivity index (χ0) is 16.1. The molecule has 1 amide bonds. The Balaban J connectivity index is 1.92. The molecule has 0 spiro atoms. The van der Waals surface area contributed by atoms with Crippen LogP contribution in [-0.2, 0) is 9.59 Å². The number of hydrogen-bond acceptors (Lipinski definition) is 3. The van der Waals surface area contributed by atoms with Gasteiger partial charge >= 0.3 is 5.97 Å². The second kappa shape index (κ2) is 7.29. The lowest BCUT2D eigenvalue weighted by Crippen LogP contribution is -2.42. The standard InChI is InChI=1S/C17H23NO4/c1-3-14(22-15-7-5-4-6-11(15)2)16(19)18-13-9-8-12(10-13)17(20)21/h4-7,12-14H,3,8-10H2,1-2H3,(H,18,19)(H,20,21)/t12-,13+,14?/m1/s1. The molecule has 5 heteroatoms. The van der Waals surface area contributed by atoms with E-state index in [9.17, 15) is 9.59 Å². The van der Waals surface area contributed by atoms with Gasteiger partial charge in [0.2, 0.25) is 0 Å². The number of hydrogen-bond donors (Lipinski definition) is 2. The summed E-state index contributed by atoms with van der Waals surface area (Å²) >= 11 is 0. The highest BCUT2D eigenvalue weighted by molar-refractivity contribution is 5.81. The Morgan fingerprint density at radius 2 is 2.09 bits per heavy atom. The van der Waals surface area contributed by atoms with Crippen molar-refractivity contribution in [3.05, 3.63) is 29.8 Å². The fourth-order valence-corrected chi connectivity index (χ4v) is 2.80. The van der Waals surface area contributed by atoms with Crippen molar-refractivity contribution in [2.45, 2.75) is 51.7 Å². The van der Waals surface area contributed by atoms with E-state index in [0.717, 1.165) is 5.56 Å². The minimum Gasteiger partial charge on any atom is -0.481 e. The Morgan fingerprint density at radius 1 is 1.36 bits per heavy atom. The summed E-state index contributed by atoms with van der Waals surface area (Å²) < 4.78 is 5.81. The van der Waals surface area contributed by atoms with E-state index in [1.165, 1.54) is 0 Å². The Bertz CT molecular complexity index is 543. The number of carboxylic acid groups (broad SMARTS) is 1. The van der Waals surface area contributed by atoms with E-state index in [1.807, 2.05) is 38.1 Å². The number of amides is 1. The van der Waals surface area contributed by atoms with E-state index in [2.05, 4.69) is 5.32 Å². The molecule has 2 N–H and O–H groups in total. The molecule has 1 unspecified atom stereocenters. The highest BCUT2D eigenvalue weighted by Crippen LogP contribution is 2.26. The summed E-state index contributed by atoms with van der Waals surface area (Å²) in [4.78, 5) is 23.3. The molecular weight excluding hydrogens is 282 g/mol. The van der Waals surface area contributed by atoms with Gasteiger partial charge in [0.25, 0.3) is 5.91 Å². The molecule has 120 valence electrons. The molecule has 0 aromatic heterocycles. The van der Waals surface area contributed by atoms with Crippen LogP contribution in [0.2, 0.25) is 0 Å². The van der Waals surface area contributed by atoms with Gasteiger partial charge in [0.05, 0.1) is 5.92 Å². The number of rotatable bonds is 6. The summed E-state index contributed by atoms with van der Waals surface area (Å²) in [6.07, 6.45) is 1.85. The van der Waals surface area contributed by atoms with Crippen molar-refractivity contribution in [3.8, 4) is 5.75 Å². The molecule has 0 aliphatic heterocycles. The van der Waals surface area contributed by atoms with E-state index in [4.69, 9.17) is 9.84 Å². The number of carbonyl (C=O) groups excluding carboxylic acids is 1. The van der Waals surface area contributed by atoms with Gasteiger partial charge in [0.1, 0.15) is 5.75 Å². The van der Waals surface area contributed by atoms with E-state index in [-0.39, 0.29) is 17.9 Å². The maximum atomic E-state index is 12.3. The van der Waals surface area contributed by atoms with Crippen LogP contribution >= 0.6 is 0 Å². The van der Waals surface area contributed by atoms with E-state index >= 15 is 0 Å². The van der Waals surface area contributed by atoms with Crippen molar-refractivity contribution in [2.75, 3.05) is 0 Å². The molecule has 0 saturated heterocycles. The van der Waals surface area contributed by atoms with Crippen molar-refractivity contribution in [2.24, 2.45) is 5.92 Å². The minimum absolute atomic E-state index is 0.0666. The van der Waals surface area contributed by atoms with Crippen molar-refractivity contribution in [1.82, 2.24) is 5.32 Å². The molecule has 1 aromatic carbocycles. The zero-order valence-corrected chi connectivity index (χ0v) is 13.0. The molecule has 5 nitrogen and oxygen atoms in total. The number of benzene rings is 1. The topological polar surface area (TPSA) is 75.6 Å². The maximum absolute atomic E-state index is 12.3. The number of para-hydroxylation sites is 1. The Kier molecular flexibility index (Phi) is 5.41. The van der Waals surface area contributed by atoms with Crippen molar-refractivity contribution in [3.63, 3.8) is 0 Å². The lowest BCUT2D eigenvalue weighted by atomic mass is 10.1. The van der Waals surface area contributed by atoms with Crippen LogP contribution in [0.4, 0.5) is 0 Å². The van der Waals surface area contributed by atoms with Crippen LogP contribution < -0.4 is 10.1 Å². The molecule has 0 heterocycles. The number of aliphatic carboxylic acids is 1. The van der Waals surface area contributed by atoms with Gasteiger partial charge in [-0.3, -0.25) is 9.59 Å². The number of nitrogens with one attached hydrogen (secondary N) is 1. The van der Waals surface area contributed by atoms with Crippen molar-refractivity contribution < 1.29 is 19.4 Å². The Hall–Kier alpha value is -2.04. The van der Waals surface area contributed by atoms with Gasteiger partial charge in [-0.2, -0.15) is 0 Å². The van der Waals surface area contributed by atoms with E-state index in [0.29, 0.717) is 31.4 Å². The molecule has 1 aliphatic carbocycles. The smallest absolute Gasteiger partial charge is 0.306 e. The van der Waals surface area contributed by atoms with Gasteiger partial charge in [-0.15, -0.1) is 0 Å². The summed E-state index contributed by atoms with van der Waals surface area (Å²) in [5.74, 6) is -0.580. The summed E-state index contributed by atoms with van der Waals surface area (Å²) in [5, 5.41) is 11.9. The first-order valence-electron chi connectivity index (χ1n) is 7.76. The lowest BCUT2D eigenvalue weighted by molar-refractivity contribution is -0.141.